The van der Waals surface area contributed by atoms with Gasteiger partial charge in [-0.3, -0.25) is 4.79 Å². The third kappa shape index (κ3) is 4.88. The minimum Gasteiger partial charge on any atom is -0.345 e. The Hall–Kier alpha value is -1.89. The van der Waals surface area contributed by atoms with E-state index in [4.69, 9.17) is 11.6 Å². The molecule has 1 atom stereocenters. The Balaban J connectivity index is 1.79. The van der Waals surface area contributed by atoms with E-state index >= 15 is 0 Å². The molecule has 30 heavy (non-hydrogen) atoms. The molecule has 3 rings (SSSR count). The number of carbonyl (C=O) groups excluding carboxylic acids is 1. The van der Waals surface area contributed by atoms with E-state index in [1.165, 1.54) is 28.1 Å². The highest BCUT2D eigenvalue weighted by Gasteiger charge is 2.28. The average Bonchev–Trinajstić information content (AvgIpc) is 3.23. The molecule has 0 bridgehead atoms. The van der Waals surface area contributed by atoms with Crippen molar-refractivity contribution >= 4 is 27.5 Å². The van der Waals surface area contributed by atoms with Crippen LogP contribution in [0.1, 0.15) is 68.1 Å². The van der Waals surface area contributed by atoms with Crippen LogP contribution in [0.5, 0.6) is 0 Å². The molecule has 0 saturated carbocycles. The number of carbonyl (C=O) groups is 1. The van der Waals surface area contributed by atoms with E-state index in [0.717, 1.165) is 18.4 Å². The Morgan fingerprint density at radius 1 is 1.07 bits per heavy atom. The fourth-order valence-corrected chi connectivity index (χ4v) is 5.29. The number of hydrogen-bond acceptors (Lipinski definition) is 3. The molecule has 1 amide bonds. The van der Waals surface area contributed by atoms with Crippen LogP contribution in [0.15, 0.2) is 47.4 Å². The quantitative estimate of drug-likeness (QED) is 0.706. The number of rotatable bonds is 5. The van der Waals surface area contributed by atoms with E-state index in [1.54, 1.807) is 0 Å². The molecule has 1 aliphatic heterocycles. The number of nitrogens with one attached hydrogen (secondary N) is 1. The van der Waals surface area contributed by atoms with Crippen molar-refractivity contribution < 1.29 is 13.2 Å². The summed E-state index contributed by atoms with van der Waals surface area (Å²) >= 11 is 6.23. The Kier molecular flexibility index (Phi) is 6.60. The minimum atomic E-state index is -3.62. The van der Waals surface area contributed by atoms with E-state index in [0.29, 0.717) is 13.1 Å². The summed E-state index contributed by atoms with van der Waals surface area (Å²) in [5.74, 6) is -0.397. The second-order valence-electron chi connectivity index (χ2n) is 8.82. The van der Waals surface area contributed by atoms with Gasteiger partial charge in [-0.25, -0.2) is 8.42 Å². The predicted molar refractivity (Wildman–Crippen MR) is 120 cm³/mol. The lowest BCUT2D eigenvalue weighted by atomic mass is 9.86. The number of hydrogen-bond donors (Lipinski definition) is 1. The molecule has 1 heterocycles. The molecule has 7 heteroatoms. The molecular formula is C23H29ClN2O3S. The van der Waals surface area contributed by atoms with Gasteiger partial charge in [0.15, 0.2) is 0 Å². The molecule has 1 N–H and O–H groups in total. The summed E-state index contributed by atoms with van der Waals surface area (Å²) in [6, 6.07) is 12.2. The smallest absolute Gasteiger partial charge is 0.253 e. The van der Waals surface area contributed by atoms with Gasteiger partial charge in [-0.2, -0.15) is 4.31 Å². The molecule has 5 nitrogen and oxygen atoms in total. The monoisotopic (exact) mass is 448 g/mol. The molecule has 1 saturated heterocycles. The van der Waals surface area contributed by atoms with Gasteiger partial charge in [-0.1, -0.05) is 56.6 Å². The van der Waals surface area contributed by atoms with Crippen LogP contribution in [-0.2, 0) is 15.4 Å². The van der Waals surface area contributed by atoms with Crippen molar-refractivity contribution in [3.8, 4) is 0 Å². The normalized spacial score (nSPS) is 16.4. The third-order valence-corrected chi connectivity index (χ3v) is 7.73. The molecule has 0 aromatic heterocycles. The average molecular weight is 449 g/mol. The fourth-order valence-electron chi connectivity index (χ4n) is 3.55. The van der Waals surface area contributed by atoms with Crippen LogP contribution in [0.4, 0.5) is 0 Å². The first-order valence-electron chi connectivity index (χ1n) is 10.2. The molecule has 1 fully saturated rings. The number of halogens is 1. The molecule has 162 valence electrons. The molecule has 0 radical (unpaired) electrons. The van der Waals surface area contributed by atoms with E-state index < -0.39 is 15.9 Å². The predicted octanol–water partition coefficient (Wildman–Crippen LogP) is 4.91. The van der Waals surface area contributed by atoms with Crippen LogP contribution in [0.3, 0.4) is 0 Å². The van der Waals surface area contributed by atoms with Crippen LogP contribution in [0, 0.1) is 0 Å². The zero-order chi connectivity index (χ0) is 22.1. The highest BCUT2D eigenvalue weighted by Crippen LogP contribution is 2.27. The Bertz CT molecular complexity index is 1020. The van der Waals surface area contributed by atoms with Crippen molar-refractivity contribution in [2.75, 3.05) is 13.1 Å². The highest BCUT2D eigenvalue weighted by molar-refractivity contribution is 7.89. The van der Waals surface area contributed by atoms with Crippen LogP contribution in [0.2, 0.25) is 5.02 Å². The zero-order valence-electron chi connectivity index (χ0n) is 17.9. The second kappa shape index (κ2) is 8.69. The minimum absolute atomic E-state index is 0.0554. The summed E-state index contributed by atoms with van der Waals surface area (Å²) in [6.45, 7) is 9.36. The van der Waals surface area contributed by atoms with Gasteiger partial charge in [0.05, 0.1) is 21.5 Å². The van der Waals surface area contributed by atoms with Gasteiger partial charge in [0.25, 0.3) is 5.91 Å². The highest BCUT2D eigenvalue weighted by atomic mass is 35.5. The number of benzene rings is 2. The summed E-state index contributed by atoms with van der Waals surface area (Å²) in [6.07, 6.45) is 1.71. The van der Waals surface area contributed by atoms with Crippen LogP contribution < -0.4 is 5.32 Å². The zero-order valence-corrected chi connectivity index (χ0v) is 19.5. The Labute approximate surface area is 184 Å². The molecule has 0 aliphatic carbocycles. The van der Waals surface area contributed by atoms with Crippen LogP contribution >= 0.6 is 11.6 Å². The number of nitrogens with zero attached hydrogens (tertiary/aromatic N) is 1. The summed E-state index contributed by atoms with van der Waals surface area (Å²) < 4.78 is 27.1. The van der Waals surface area contributed by atoms with Crippen molar-refractivity contribution in [3.63, 3.8) is 0 Å². The first-order valence-corrected chi connectivity index (χ1v) is 12.0. The lowest BCUT2D eigenvalue weighted by molar-refractivity contribution is 0.0940. The summed E-state index contributed by atoms with van der Waals surface area (Å²) in [7, 11) is -3.62. The van der Waals surface area contributed by atoms with Gasteiger partial charge < -0.3 is 5.32 Å². The SMILES string of the molecule is C[C@@H](NC(=O)c1cc(S(=O)(=O)N2CCCC2)ccc1Cl)c1ccc(C(C)(C)C)cc1. The first-order chi connectivity index (χ1) is 14.0. The largest absolute Gasteiger partial charge is 0.345 e. The van der Waals surface area contributed by atoms with Gasteiger partial charge in [-0.05, 0) is 54.5 Å². The number of sulfonamides is 1. The van der Waals surface area contributed by atoms with E-state index in [1.807, 2.05) is 19.1 Å². The van der Waals surface area contributed by atoms with E-state index in [-0.39, 0.29) is 26.9 Å². The van der Waals surface area contributed by atoms with Gasteiger partial charge in [0.1, 0.15) is 0 Å². The topological polar surface area (TPSA) is 66.5 Å². The molecule has 0 unspecified atom stereocenters. The van der Waals surface area contributed by atoms with Crippen molar-refractivity contribution in [1.29, 1.82) is 0 Å². The summed E-state index contributed by atoms with van der Waals surface area (Å²) in [5.41, 5.74) is 2.40. The standard InChI is InChI=1S/C23H29ClN2O3S/c1-16(17-7-9-18(10-8-17)23(2,3)4)25-22(27)20-15-19(11-12-21(20)24)30(28,29)26-13-5-6-14-26/h7-12,15-16H,5-6,13-14H2,1-4H3,(H,25,27)/t16-/m1/s1. The molecule has 2 aromatic carbocycles. The maximum Gasteiger partial charge on any atom is 0.253 e. The number of amides is 1. The molecule has 0 spiro atoms. The maximum atomic E-state index is 12.9. The van der Waals surface area contributed by atoms with Crippen molar-refractivity contribution in [2.24, 2.45) is 0 Å². The Morgan fingerprint density at radius 3 is 2.23 bits per heavy atom. The van der Waals surface area contributed by atoms with E-state index in [9.17, 15) is 13.2 Å². The maximum absolute atomic E-state index is 12.9. The third-order valence-electron chi connectivity index (χ3n) is 5.51. The van der Waals surface area contributed by atoms with E-state index in [2.05, 4.69) is 38.2 Å². The van der Waals surface area contributed by atoms with Crippen LogP contribution in [0.25, 0.3) is 0 Å². The molecular weight excluding hydrogens is 420 g/mol. The van der Waals surface area contributed by atoms with Crippen molar-refractivity contribution in [2.45, 2.75) is 56.9 Å². The lowest BCUT2D eigenvalue weighted by Gasteiger charge is -2.21. The summed E-state index contributed by atoms with van der Waals surface area (Å²) in [4.78, 5) is 13.0. The second-order valence-corrected chi connectivity index (χ2v) is 11.2. The van der Waals surface area contributed by atoms with Crippen LogP contribution in [-0.4, -0.2) is 31.7 Å². The van der Waals surface area contributed by atoms with Gasteiger partial charge in [0.2, 0.25) is 10.0 Å². The lowest BCUT2D eigenvalue weighted by Crippen LogP contribution is -2.29. The van der Waals surface area contributed by atoms with Crippen molar-refractivity contribution in [1.82, 2.24) is 9.62 Å². The Morgan fingerprint density at radius 2 is 1.67 bits per heavy atom. The first kappa shape index (κ1) is 22.8. The molecule has 1 aliphatic rings. The van der Waals surface area contributed by atoms with Crippen molar-refractivity contribution in [3.05, 3.63) is 64.2 Å². The summed E-state index contributed by atoms with van der Waals surface area (Å²) in [5, 5.41) is 3.15. The van der Waals surface area contributed by atoms with Gasteiger partial charge in [-0.15, -0.1) is 0 Å². The fraction of sp³-hybridized carbons (Fsp3) is 0.435. The molecule has 2 aromatic rings. The van der Waals surface area contributed by atoms with Gasteiger partial charge >= 0.3 is 0 Å². The van der Waals surface area contributed by atoms with Gasteiger partial charge in [0, 0.05) is 13.1 Å².